The van der Waals surface area contributed by atoms with Gasteiger partial charge < -0.3 is 14.7 Å². The summed E-state index contributed by atoms with van der Waals surface area (Å²) in [6, 6.07) is 12.6. The van der Waals surface area contributed by atoms with E-state index in [0.29, 0.717) is 18.5 Å². The largest absolute Gasteiger partial charge is 0.364 e. The average Bonchev–Trinajstić information content (AvgIpc) is 3.57. The summed E-state index contributed by atoms with van der Waals surface area (Å²) in [4.78, 5) is 37.5. The Kier molecular flexibility index (Phi) is 5.55. The van der Waals surface area contributed by atoms with Crippen LogP contribution in [0.2, 0.25) is 0 Å². The lowest BCUT2D eigenvalue weighted by molar-refractivity contribution is -0.188. The van der Waals surface area contributed by atoms with Crippen molar-refractivity contribution in [2.45, 2.75) is 31.1 Å². The van der Waals surface area contributed by atoms with Gasteiger partial charge in [0.05, 0.1) is 11.0 Å². The lowest BCUT2D eigenvalue weighted by Gasteiger charge is -2.30. The van der Waals surface area contributed by atoms with Crippen LogP contribution in [0, 0.1) is 0 Å². The molecule has 1 spiro atoms. The maximum Gasteiger partial charge on any atom is 0.356 e. The number of H-pyrrole nitrogens is 1. The van der Waals surface area contributed by atoms with Crippen LogP contribution in [0.5, 0.6) is 0 Å². The van der Waals surface area contributed by atoms with Crippen LogP contribution in [-0.4, -0.2) is 50.6 Å². The molecule has 1 aliphatic carbocycles. The number of hydrogen-bond donors (Lipinski definition) is 1. The molecule has 5 heterocycles. The van der Waals surface area contributed by atoms with E-state index >= 15 is 0 Å². The number of piperidine rings is 1. The summed E-state index contributed by atoms with van der Waals surface area (Å²) < 4.78 is 0. The van der Waals surface area contributed by atoms with Crippen LogP contribution in [0.3, 0.4) is 0 Å². The van der Waals surface area contributed by atoms with Gasteiger partial charge in [0.25, 0.3) is 0 Å². The Labute approximate surface area is 220 Å². The number of aromatic nitrogens is 4. The van der Waals surface area contributed by atoms with Crippen molar-refractivity contribution in [3.05, 3.63) is 90.7 Å². The number of anilines is 2. The summed E-state index contributed by atoms with van der Waals surface area (Å²) in [7, 11) is 0. The molecule has 4 aromatic rings. The van der Waals surface area contributed by atoms with Crippen molar-refractivity contribution in [1.82, 2.24) is 25.0 Å². The van der Waals surface area contributed by atoms with Crippen molar-refractivity contribution >= 4 is 28.5 Å². The molecular weight excluding hydrogens is 476 g/mol. The summed E-state index contributed by atoms with van der Waals surface area (Å²) in [6.07, 6.45) is 17.3. The SMILES string of the molecule is O=C(ON1CCCCC1)C1=CCC2(C=C1)CN(c1ncnc3[nH]ccc13)c1ccc(-c3cccnc3)cc12. The van der Waals surface area contributed by atoms with Crippen LogP contribution in [0.25, 0.3) is 22.2 Å². The summed E-state index contributed by atoms with van der Waals surface area (Å²) >= 11 is 0. The molecule has 0 amide bonds. The highest BCUT2D eigenvalue weighted by Crippen LogP contribution is 2.50. The minimum Gasteiger partial charge on any atom is -0.364 e. The number of rotatable bonds is 4. The Morgan fingerprint density at radius 3 is 2.79 bits per heavy atom. The van der Waals surface area contributed by atoms with E-state index in [1.807, 2.05) is 36.7 Å². The Balaban J connectivity index is 1.26. The highest BCUT2D eigenvalue weighted by molar-refractivity contribution is 5.94. The minimum atomic E-state index is -0.309. The van der Waals surface area contributed by atoms with Crippen LogP contribution >= 0.6 is 0 Å². The molecule has 1 aromatic carbocycles. The first-order valence-corrected chi connectivity index (χ1v) is 13.2. The van der Waals surface area contributed by atoms with Gasteiger partial charge in [0.15, 0.2) is 0 Å². The molecule has 8 heteroatoms. The van der Waals surface area contributed by atoms with Crippen LogP contribution in [0.4, 0.5) is 11.5 Å². The standard InChI is InChI=1S/C30H28N6O2/c37-29(38-35-15-2-1-3-16-35)21-8-11-30(12-9-21)19-36(28-24-10-14-32-27(24)33-20-34-28)26-7-6-22(17-25(26)30)23-5-4-13-31-18-23/h4-11,13-14,17-18,20H,1-3,12,15-16,19H2,(H,32,33,34). The number of aromatic amines is 1. The molecule has 38 heavy (non-hydrogen) atoms. The van der Waals surface area contributed by atoms with Crippen LogP contribution in [0.15, 0.2) is 85.1 Å². The highest BCUT2D eigenvalue weighted by Gasteiger charge is 2.43. The van der Waals surface area contributed by atoms with Crippen LogP contribution in [0.1, 0.15) is 31.2 Å². The number of hydroxylamine groups is 2. The molecule has 3 aliphatic rings. The second-order valence-electron chi connectivity index (χ2n) is 10.2. The third kappa shape index (κ3) is 3.88. The topological polar surface area (TPSA) is 87.2 Å². The van der Waals surface area contributed by atoms with E-state index < -0.39 is 0 Å². The molecule has 2 aliphatic heterocycles. The van der Waals surface area contributed by atoms with Gasteiger partial charge in [-0.05, 0) is 60.2 Å². The van der Waals surface area contributed by atoms with Gasteiger partial charge in [0, 0.05) is 49.3 Å². The summed E-state index contributed by atoms with van der Waals surface area (Å²) in [5.74, 6) is 0.596. The maximum atomic E-state index is 12.9. The zero-order valence-corrected chi connectivity index (χ0v) is 21.0. The van der Waals surface area contributed by atoms with E-state index in [4.69, 9.17) is 9.82 Å². The molecule has 1 fully saturated rings. The third-order valence-corrected chi connectivity index (χ3v) is 7.88. The molecule has 1 atom stereocenters. The smallest absolute Gasteiger partial charge is 0.356 e. The fourth-order valence-electron chi connectivity index (χ4n) is 5.87. The van der Waals surface area contributed by atoms with Crippen LogP contribution < -0.4 is 4.90 Å². The van der Waals surface area contributed by atoms with E-state index in [2.05, 4.69) is 50.2 Å². The summed E-state index contributed by atoms with van der Waals surface area (Å²) in [5, 5.41) is 2.78. The van der Waals surface area contributed by atoms with Crippen LogP contribution in [-0.2, 0) is 15.0 Å². The Morgan fingerprint density at radius 2 is 1.97 bits per heavy atom. The molecule has 0 bridgehead atoms. The first-order valence-electron chi connectivity index (χ1n) is 13.2. The van der Waals surface area contributed by atoms with Gasteiger partial charge in [0.2, 0.25) is 0 Å². The first-order chi connectivity index (χ1) is 18.7. The van der Waals surface area contributed by atoms with Crippen molar-refractivity contribution < 1.29 is 9.63 Å². The predicted octanol–water partition coefficient (Wildman–Crippen LogP) is 5.24. The second kappa shape index (κ2) is 9.22. The summed E-state index contributed by atoms with van der Waals surface area (Å²) in [6.45, 7) is 2.31. The second-order valence-corrected chi connectivity index (χ2v) is 10.2. The van der Waals surface area contributed by atoms with Crippen molar-refractivity contribution in [3.8, 4) is 11.1 Å². The van der Waals surface area contributed by atoms with Gasteiger partial charge >= 0.3 is 5.97 Å². The monoisotopic (exact) mass is 504 g/mol. The van der Waals surface area contributed by atoms with E-state index in [9.17, 15) is 4.79 Å². The quantitative estimate of drug-likeness (QED) is 0.407. The Hall–Kier alpha value is -4.30. The predicted molar refractivity (Wildman–Crippen MR) is 146 cm³/mol. The average molecular weight is 505 g/mol. The minimum absolute atomic E-state index is 0.276. The van der Waals surface area contributed by atoms with Gasteiger partial charge in [0.1, 0.15) is 17.8 Å². The Morgan fingerprint density at radius 1 is 1.05 bits per heavy atom. The lowest BCUT2D eigenvalue weighted by Crippen LogP contribution is -2.34. The fourth-order valence-corrected chi connectivity index (χ4v) is 5.87. The highest BCUT2D eigenvalue weighted by atomic mass is 16.7. The van der Waals surface area contributed by atoms with Gasteiger partial charge in [-0.1, -0.05) is 36.8 Å². The fraction of sp³-hybridized carbons (Fsp3) is 0.267. The molecule has 0 radical (unpaired) electrons. The maximum absolute atomic E-state index is 12.9. The van der Waals surface area contributed by atoms with Gasteiger partial charge in [-0.15, -0.1) is 5.06 Å². The van der Waals surface area contributed by atoms with Crippen molar-refractivity contribution in [1.29, 1.82) is 0 Å². The molecule has 1 N–H and O–H groups in total. The number of nitrogens with zero attached hydrogens (tertiary/aromatic N) is 5. The lowest BCUT2D eigenvalue weighted by atomic mass is 9.75. The van der Waals surface area contributed by atoms with Crippen molar-refractivity contribution in [2.24, 2.45) is 0 Å². The van der Waals surface area contributed by atoms with E-state index in [1.165, 1.54) is 12.0 Å². The number of carbonyl (C=O) groups is 1. The molecule has 0 saturated carbocycles. The number of fused-ring (bicyclic) bond motifs is 3. The summed E-state index contributed by atoms with van der Waals surface area (Å²) in [5.41, 5.74) is 5.61. The Bertz CT molecular complexity index is 1570. The number of allylic oxidation sites excluding steroid dienone is 1. The molecular formula is C30H28N6O2. The normalized spacial score (nSPS) is 21.1. The van der Waals surface area contributed by atoms with Crippen molar-refractivity contribution in [3.63, 3.8) is 0 Å². The van der Waals surface area contributed by atoms with Gasteiger partial charge in [-0.25, -0.2) is 14.8 Å². The van der Waals surface area contributed by atoms with Crippen molar-refractivity contribution in [2.75, 3.05) is 24.5 Å². The van der Waals surface area contributed by atoms with E-state index in [0.717, 1.165) is 59.6 Å². The van der Waals surface area contributed by atoms with Gasteiger partial charge in [-0.3, -0.25) is 4.98 Å². The first kappa shape index (κ1) is 22.9. The van der Waals surface area contributed by atoms with E-state index in [1.54, 1.807) is 17.6 Å². The number of carbonyl (C=O) groups excluding carboxylic acids is 1. The zero-order valence-electron chi connectivity index (χ0n) is 21.0. The number of benzene rings is 1. The number of hydrogen-bond acceptors (Lipinski definition) is 7. The zero-order chi connectivity index (χ0) is 25.5. The number of pyridine rings is 1. The molecule has 3 aromatic heterocycles. The third-order valence-electron chi connectivity index (χ3n) is 7.88. The molecule has 190 valence electrons. The van der Waals surface area contributed by atoms with Gasteiger partial charge in [-0.2, -0.15) is 0 Å². The molecule has 8 nitrogen and oxygen atoms in total. The molecule has 1 saturated heterocycles. The van der Waals surface area contributed by atoms with E-state index in [-0.39, 0.29) is 11.4 Å². The number of nitrogens with one attached hydrogen (secondary N) is 1. The molecule has 7 rings (SSSR count). The molecule has 1 unspecified atom stereocenters.